The first kappa shape index (κ1) is 19.4. The van der Waals surface area contributed by atoms with Gasteiger partial charge in [0.1, 0.15) is 0 Å². The summed E-state index contributed by atoms with van der Waals surface area (Å²) in [4.78, 5) is 19.5. The topological polar surface area (TPSA) is 64.6 Å². The highest BCUT2D eigenvalue weighted by Gasteiger charge is 2.30. The Morgan fingerprint density at radius 3 is 2.36 bits per heavy atom. The fraction of sp³-hybridized carbons (Fsp3) is 0.762. The molecule has 0 unspecified atom stereocenters. The number of carbonyl (C=O) groups excluding carboxylic acids is 1. The summed E-state index contributed by atoms with van der Waals surface area (Å²) >= 11 is 0. The highest BCUT2D eigenvalue weighted by molar-refractivity contribution is 5.74. The van der Waals surface area contributed by atoms with Crippen LogP contribution < -0.4 is 10.2 Å². The molecule has 0 spiro atoms. The highest BCUT2D eigenvalue weighted by Crippen LogP contribution is 2.27. The minimum absolute atomic E-state index is 0.106. The largest absolute Gasteiger partial charge is 0.352 e. The van der Waals surface area contributed by atoms with Gasteiger partial charge in [0.25, 0.3) is 0 Å². The molecule has 1 saturated carbocycles. The van der Waals surface area contributed by atoms with E-state index in [4.69, 9.17) is 0 Å². The molecule has 0 bridgehead atoms. The SMILES string of the molecule is CC1CCN(C2CCC(NC(=O)N3CCN(c4cccnn4)CC3)CC2)CC1. The molecular weight excluding hydrogens is 352 g/mol. The smallest absolute Gasteiger partial charge is 0.317 e. The maximum Gasteiger partial charge on any atom is 0.317 e. The van der Waals surface area contributed by atoms with E-state index in [2.05, 4.69) is 32.2 Å². The standard InChI is InChI=1S/C21H34N6O/c1-17-8-11-25(12-9-17)19-6-4-18(5-7-19)23-21(28)27-15-13-26(14-16-27)20-3-2-10-22-24-20/h2-3,10,17-19H,4-9,11-16H2,1H3,(H,23,28). The summed E-state index contributed by atoms with van der Waals surface area (Å²) in [5.41, 5.74) is 0. The highest BCUT2D eigenvalue weighted by atomic mass is 16.2. The van der Waals surface area contributed by atoms with Crippen molar-refractivity contribution in [2.24, 2.45) is 5.92 Å². The van der Waals surface area contributed by atoms with Crippen molar-refractivity contribution < 1.29 is 4.79 Å². The van der Waals surface area contributed by atoms with E-state index in [-0.39, 0.29) is 6.03 Å². The zero-order chi connectivity index (χ0) is 19.3. The van der Waals surface area contributed by atoms with Gasteiger partial charge in [-0.15, -0.1) is 5.10 Å². The van der Waals surface area contributed by atoms with E-state index >= 15 is 0 Å². The van der Waals surface area contributed by atoms with Crippen molar-refractivity contribution in [1.29, 1.82) is 0 Å². The first-order valence-electron chi connectivity index (χ1n) is 11.0. The number of urea groups is 1. The normalized spacial score (nSPS) is 27.6. The van der Waals surface area contributed by atoms with Crippen LogP contribution >= 0.6 is 0 Å². The van der Waals surface area contributed by atoms with E-state index in [0.29, 0.717) is 6.04 Å². The molecule has 0 radical (unpaired) electrons. The second kappa shape index (κ2) is 9.07. The van der Waals surface area contributed by atoms with Crippen LogP contribution in [0.1, 0.15) is 45.4 Å². The van der Waals surface area contributed by atoms with E-state index in [9.17, 15) is 4.79 Å². The lowest BCUT2D eigenvalue weighted by molar-refractivity contribution is 0.102. The van der Waals surface area contributed by atoms with Crippen LogP contribution in [-0.4, -0.2) is 77.4 Å². The van der Waals surface area contributed by atoms with Crippen molar-refractivity contribution in [2.75, 3.05) is 44.2 Å². The number of hydrogen-bond acceptors (Lipinski definition) is 5. The Labute approximate surface area is 168 Å². The molecule has 3 heterocycles. The molecule has 1 aromatic heterocycles. The van der Waals surface area contributed by atoms with Crippen LogP contribution in [0.25, 0.3) is 0 Å². The molecular formula is C21H34N6O. The average molecular weight is 387 g/mol. The van der Waals surface area contributed by atoms with Gasteiger partial charge in [-0.3, -0.25) is 0 Å². The monoisotopic (exact) mass is 386 g/mol. The van der Waals surface area contributed by atoms with Crippen LogP contribution in [0.4, 0.5) is 10.6 Å². The Kier molecular flexibility index (Phi) is 6.29. The molecule has 0 atom stereocenters. The third-order valence-electron chi connectivity index (χ3n) is 6.81. The van der Waals surface area contributed by atoms with Gasteiger partial charge < -0.3 is 20.0 Å². The van der Waals surface area contributed by atoms with Crippen LogP contribution in [-0.2, 0) is 0 Å². The van der Waals surface area contributed by atoms with Gasteiger partial charge in [0.15, 0.2) is 5.82 Å². The van der Waals surface area contributed by atoms with Gasteiger partial charge in [-0.05, 0) is 69.7 Å². The first-order valence-corrected chi connectivity index (χ1v) is 11.0. The Bertz CT molecular complexity index is 617. The maximum atomic E-state index is 12.7. The number of nitrogens with one attached hydrogen (secondary N) is 1. The number of rotatable bonds is 3. The van der Waals surface area contributed by atoms with Crippen molar-refractivity contribution >= 4 is 11.8 Å². The molecule has 3 fully saturated rings. The van der Waals surface area contributed by atoms with E-state index in [1.54, 1.807) is 6.20 Å². The molecule has 2 amide bonds. The van der Waals surface area contributed by atoms with E-state index in [1.165, 1.54) is 38.8 Å². The molecule has 154 valence electrons. The fourth-order valence-electron chi connectivity index (χ4n) is 4.85. The summed E-state index contributed by atoms with van der Waals surface area (Å²) in [6.07, 6.45) is 9.05. The number of hydrogen-bond donors (Lipinski definition) is 1. The molecule has 1 aromatic rings. The number of amides is 2. The molecule has 2 aliphatic heterocycles. The van der Waals surface area contributed by atoms with E-state index in [1.807, 2.05) is 17.0 Å². The summed E-state index contributed by atoms with van der Waals surface area (Å²) in [7, 11) is 0. The van der Waals surface area contributed by atoms with E-state index < -0.39 is 0 Å². The molecule has 0 aromatic carbocycles. The zero-order valence-corrected chi connectivity index (χ0v) is 17.1. The van der Waals surface area contributed by atoms with Gasteiger partial charge in [0.2, 0.25) is 0 Å². The van der Waals surface area contributed by atoms with Gasteiger partial charge in [-0.25, -0.2) is 4.79 Å². The van der Waals surface area contributed by atoms with Crippen molar-refractivity contribution in [1.82, 2.24) is 25.3 Å². The molecule has 7 heteroatoms. The summed E-state index contributed by atoms with van der Waals surface area (Å²) in [5.74, 6) is 1.79. The number of anilines is 1. The van der Waals surface area contributed by atoms with E-state index in [0.717, 1.165) is 56.8 Å². The molecule has 1 N–H and O–H groups in total. The lowest BCUT2D eigenvalue weighted by atomic mass is 9.88. The van der Waals surface area contributed by atoms with Gasteiger partial charge in [0, 0.05) is 44.5 Å². The maximum absolute atomic E-state index is 12.7. The number of carbonyl (C=O) groups is 1. The van der Waals surface area contributed by atoms with Crippen molar-refractivity contribution in [3.05, 3.63) is 18.3 Å². The van der Waals surface area contributed by atoms with Gasteiger partial charge in [-0.1, -0.05) is 6.92 Å². The Hall–Kier alpha value is -1.89. The predicted molar refractivity (Wildman–Crippen MR) is 110 cm³/mol. The molecule has 3 aliphatic rings. The predicted octanol–water partition coefficient (Wildman–Crippen LogP) is 2.35. The number of piperazine rings is 1. The average Bonchev–Trinajstić information content (AvgIpc) is 2.76. The lowest BCUT2D eigenvalue weighted by Gasteiger charge is -2.41. The van der Waals surface area contributed by atoms with Crippen LogP contribution in [0.5, 0.6) is 0 Å². The third kappa shape index (κ3) is 4.74. The third-order valence-corrected chi connectivity index (χ3v) is 6.81. The molecule has 1 aliphatic carbocycles. The van der Waals surface area contributed by atoms with Crippen LogP contribution in [0.15, 0.2) is 18.3 Å². The quantitative estimate of drug-likeness (QED) is 0.864. The second-order valence-electron chi connectivity index (χ2n) is 8.73. The number of nitrogens with zero attached hydrogens (tertiary/aromatic N) is 5. The van der Waals surface area contributed by atoms with Gasteiger partial charge in [0.05, 0.1) is 0 Å². The second-order valence-corrected chi connectivity index (χ2v) is 8.73. The zero-order valence-electron chi connectivity index (χ0n) is 17.1. The fourth-order valence-corrected chi connectivity index (χ4v) is 4.85. The summed E-state index contributed by atoms with van der Waals surface area (Å²) in [6, 6.07) is 5.06. The van der Waals surface area contributed by atoms with Crippen molar-refractivity contribution in [2.45, 2.75) is 57.5 Å². The van der Waals surface area contributed by atoms with Gasteiger partial charge >= 0.3 is 6.03 Å². The number of piperidine rings is 1. The lowest BCUT2D eigenvalue weighted by Crippen LogP contribution is -2.54. The minimum atomic E-state index is 0.106. The Morgan fingerprint density at radius 1 is 1.00 bits per heavy atom. The minimum Gasteiger partial charge on any atom is -0.352 e. The Balaban J connectivity index is 1.18. The summed E-state index contributed by atoms with van der Waals surface area (Å²) in [5, 5.41) is 11.4. The number of likely N-dealkylation sites (tertiary alicyclic amines) is 1. The van der Waals surface area contributed by atoms with Crippen molar-refractivity contribution in [3.63, 3.8) is 0 Å². The number of aromatic nitrogens is 2. The van der Waals surface area contributed by atoms with Crippen LogP contribution in [0.3, 0.4) is 0 Å². The molecule has 2 saturated heterocycles. The molecule has 7 nitrogen and oxygen atoms in total. The first-order chi connectivity index (χ1) is 13.7. The molecule has 4 rings (SSSR count). The van der Waals surface area contributed by atoms with Gasteiger partial charge in [-0.2, -0.15) is 5.10 Å². The van der Waals surface area contributed by atoms with Crippen LogP contribution in [0.2, 0.25) is 0 Å². The van der Waals surface area contributed by atoms with Crippen LogP contribution in [0, 0.1) is 5.92 Å². The summed E-state index contributed by atoms with van der Waals surface area (Å²) < 4.78 is 0. The summed E-state index contributed by atoms with van der Waals surface area (Å²) in [6.45, 7) is 8.00. The molecule has 28 heavy (non-hydrogen) atoms. The van der Waals surface area contributed by atoms with Crippen molar-refractivity contribution in [3.8, 4) is 0 Å². The Morgan fingerprint density at radius 2 is 1.71 bits per heavy atom.